The highest BCUT2D eigenvalue weighted by atomic mass is 19.1. The zero-order valence-corrected chi connectivity index (χ0v) is 7.63. The van der Waals surface area contributed by atoms with Crippen molar-refractivity contribution >= 4 is 0 Å². The third-order valence-corrected chi connectivity index (χ3v) is 1.37. The summed E-state index contributed by atoms with van der Waals surface area (Å²) in [7, 11) is 0. The van der Waals surface area contributed by atoms with Gasteiger partial charge in [0.1, 0.15) is 0 Å². The van der Waals surface area contributed by atoms with Crippen LogP contribution in [-0.2, 0) is 6.42 Å². The summed E-state index contributed by atoms with van der Waals surface area (Å²) in [5, 5.41) is 0. The predicted octanol–water partition coefficient (Wildman–Crippen LogP) is 2.20. The molecule has 2 nitrogen and oxygen atoms in total. The Kier molecular flexibility index (Phi) is 2.40. The van der Waals surface area contributed by atoms with Crippen LogP contribution in [0.25, 0.3) is 0 Å². The summed E-state index contributed by atoms with van der Waals surface area (Å²) in [5.74, 6) is -0.503. The fourth-order valence-electron chi connectivity index (χ4n) is 1.01. The van der Waals surface area contributed by atoms with Crippen molar-refractivity contribution in [2.75, 3.05) is 0 Å². The SMILES string of the molecule is CC(C)(C)Cc1cncc(F)n1. The summed E-state index contributed by atoms with van der Waals surface area (Å²) in [6.45, 7) is 6.25. The van der Waals surface area contributed by atoms with Crippen LogP contribution in [-0.4, -0.2) is 9.97 Å². The largest absolute Gasteiger partial charge is 0.258 e. The second-order valence-corrected chi connectivity index (χ2v) is 4.07. The van der Waals surface area contributed by atoms with Gasteiger partial charge in [-0.15, -0.1) is 0 Å². The summed E-state index contributed by atoms with van der Waals surface area (Å²) in [4.78, 5) is 7.46. The van der Waals surface area contributed by atoms with E-state index in [1.54, 1.807) is 6.20 Å². The number of nitrogens with zero attached hydrogens (tertiary/aromatic N) is 2. The van der Waals surface area contributed by atoms with Crippen molar-refractivity contribution in [3.05, 3.63) is 24.0 Å². The van der Waals surface area contributed by atoms with Crippen LogP contribution in [0.3, 0.4) is 0 Å². The fourth-order valence-corrected chi connectivity index (χ4v) is 1.01. The van der Waals surface area contributed by atoms with Gasteiger partial charge >= 0.3 is 0 Å². The van der Waals surface area contributed by atoms with Gasteiger partial charge in [0.2, 0.25) is 5.95 Å². The Balaban J connectivity index is 2.77. The van der Waals surface area contributed by atoms with E-state index in [0.29, 0.717) is 5.69 Å². The Morgan fingerprint density at radius 1 is 1.33 bits per heavy atom. The summed E-state index contributed by atoms with van der Waals surface area (Å²) in [6, 6.07) is 0. The van der Waals surface area contributed by atoms with Gasteiger partial charge in [-0.1, -0.05) is 20.8 Å². The molecule has 0 N–H and O–H groups in total. The van der Waals surface area contributed by atoms with Crippen molar-refractivity contribution in [1.29, 1.82) is 0 Å². The monoisotopic (exact) mass is 168 g/mol. The Morgan fingerprint density at radius 3 is 2.50 bits per heavy atom. The molecule has 0 saturated carbocycles. The van der Waals surface area contributed by atoms with E-state index in [1.807, 2.05) is 0 Å². The van der Waals surface area contributed by atoms with E-state index in [9.17, 15) is 4.39 Å². The quantitative estimate of drug-likeness (QED) is 0.642. The van der Waals surface area contributed by atoms with E-state index >= 15 is 0 Å². The van der Waals surface area contributed by atoms with E-state index in [-0.39, 0.29) is 5.41 Å². The summed E-state index contributed by atoms with van der Waals surface area (Å²) in [6.07, 6.45) is 3.47. The molecule has 0 aliphatic rings. The van der Waals surface area contributed by atoms with Crippen molar-refractivity contribution in [3.63, 3.8) is 0 Å². The molecule has 0 amide bonds. The minimum Gasteiger partial charge on any atom is -0.258 e. The van der Waals surface area contributed by atoms with E-state index in [2.05, 4.69) is 30.7 Å². The number of hydrogen-bond donors (Lipinski definition) is 0. The maximum absolute atomic E-state index is 12.6. The lowest BCUT2D eigenvalue weighted by molar-refractivity contribution is 0.401. The van der Waals surface area contributed by atoms with Gasteiger partial charge in [0, 0.05) is 6.20 Å². The van der Waals surface area contributed by atoms with Gasteiger partial charge in [-0.05, 0) is 11.8 Å². The molecule has 1 aromatic heterocycles. The highest BCUT2D eigenvalue weighted by Crippen LogP contribution is 2.18. The molecule has 0 unspecified atom stereocenters. The molecule has 66 valence electrons. The zero-order chi connectivity index (χ0) is 9.19. The van der Waals surface area contributed by atoms with Crippen molar-refractivity contribution < 1.29 is 4.39 Å². The molecule has 1 aromatic rings. The number of rotatable bonds is 1. The molecule has 0 radical (unpaired) electrons. The number of halogens is 1. The van der Waals surface area contributed by atoms with E-state index in [4.69, 9.17) is 0 Å². The highest BCUT2D eigenvalue weighted by Gasteiger charge is 2.12. The second-order valence-electron chi connectivity index (χ2n) is 4.07. The summed E-state index contributed by atoms with van der Waals surface area (Å²) in [5.41, 5.74) is 0.838. The molecule has 0 aliphatic heterocycles. The van der Waals surface area contributed by atoms with Crippen LogP contribution in [0.5, 0.6) is 0 Å². The first-order chi connectivity index (χ1) is 5.47. The third kappa shape index (κ3) is 2.95. The number of aromatic nitrogens is 2. The van der Waals surface area contributed by atoms with Gasteiger partial charge in [0.25, 0.3) is 0 Å². The molecule has 1 rings (SSSR count). The average Bonchev–Trinajstić information content (AvgIpc) is 1.82. The molecule has 0 spiro atoms. The van der Waals surface area contributed by atoms with Gasteiger partial charge in [-0.25, -0.2) is 4.98 Å². The van der Waals surface area contributed by atoms with Crippen LogP contribution < -0.4 is 0 Å². The van der Waals surface area contributed by atoms with Crippen LogP contribution >= 0.6 is 0 Å². The summed E-state index contributed by atoms with van der Waals surface area (Å²) < 4.78 is 12.6. The van der Waals surface area contributed by atoms with E-state index < -0.39 is 5.95 Å². The topological polar surface area (TPSA) is 25.8 Å². The van der Waals surface area contributed by atoms with Crippen molar-refractivity contribution in [2.24, 2.45) is 5.41 Å². The minimum atomic E-state index is -0.503. The smallest absolute Gasteiger partial charge is 0.231 e. The fraction of sp³-hybridized carbons (Fsp3) is 0.556. The van der Waals surface area contributed by atoms with Gasteiger partial charge in [-0.2, -0.15) is 4.39 Å². The Labute approximate surface area is 71.9 Å². The molecule has 0 bridgehead atoms. The van der Waals surface area contributed by atoms with Crippen molar-refractivity contribution in [2.45, 2.75) is 27.2 Å². The van der Waals surface area contributed by atoms with Crippen LogP contribution in [0.15, 0.2) is 12.4 Å². The maximum Gasteiger partial charge on any atom is 0.231 e. The molecule has 12 heavy (non-hydrogen) atoms. The van der Waals surface area contributed by atoms with Crippen LogP contribution in [0, 0.1) is 11.4 Å². The summed E-state index contributed by atoms with van der Waals surface area (Å²) >= 11 is 0. The molecular formula is C9H13FN2. The molecular weight excluding hydrogens is 155 g/mol. The lowest BCUT2D eigenvalue weighted by atomic mass is 9.91. The average molecular weight is 168 g/mol. The first-order valence-electron chi connectivity index (χ1n) is 3.94. The van der Waals surface area contributed by atoms with E-state index in [0.717, 1.165) is 12.6 Å². The van der Waals surface area contributed by atoms with Gasteiger partial charge in [-0.3, -0.25) is 4.98 Å². The normalized spacial score (nSPS) is 11.7. The molecule has 1 heterocycles. The van der Waals surface area contributed by atoms with Gasteiger partial charge in [0.15, 0.2) is 0 Å². The zero-order valence-electron chi connectivity index (χ0n) is 7.63. The number of hydrogen-bond acceptors (Lipinski definition) is 2. The first kappa shape index (κ1) is 9.10. The second kappa shape index (κ2) is 3.17. The lowest BCUT2D eigenvalue weighted by Gasteiger charge is -2.16. The molecule has 3 heteroatoms. The Hall–Kier alpha value is -0.990. The van der Waals surface area contributed by atoms with Gasteiger partial charge < -0.3 is 0 Å². The Bertz CT molecular complexity index is 265. The minimum absolute atomic E-state index is 0.127. The molecule has 0 saturated heterocycles. The first-order valence-corrected chi connectivity index (χ1v) is 3.94. The van der Waals surface area contributed by atoms with Crippen molar-refractivity contribution in [1.82, 2.24) is 9.97 Å². The van der Waals surface area contributed by atoms with Crippen molar-refractivity contribution in [3.8, 4) is 0 Å². The lowest BCUT2D eigenvalue weighted by Crippen LogP contribution is -2.11. The van der Waals surface area contributed by atoms with E-state index in [1.165, 1.54) is 0 Å². The van der Waals surface area contributed by atoms with Crippen LogP contribution in [0.4, 0.5) is 4.39 Å². The van der Waals surface area contributed by atoms with Gasteiger partial charge in [0.05, 0.1) is 11.9 Å². The van der Waals surface area contributed by atoms with Crippen LogP contribution in [0.2, 0.25) is 0 Å². The van der Waals surface area contributed by atoms with Crippen LogP contribution in [0.1, 0.15) is 26.5 Å². The highest BCUT2D eigenvalue weighted by molar-refractivity contribution is 4.98. The molecule has 0 aromatic carbocycles. The third-order valence-electron chi connectivity index (χ3n) is 1.37. The molecule has 0 aliphatic carbocycles. The molecule has 0 fully saturated rings. The Morgan fingerprint density at radius 2 is 2.00 bits per heavy atom. The standard InChI is InChI=1S/C9H13FN2/c1-9(2,3)4-7-5-11-6-8(10)12-7/h5-6H,4H2,1-3H3. The predicted molar refractivity (Wildman–Crippen MR) is 45.1 cm³/mol. The maximum atomic E-state index is 12.6. The molecule has 0 atom stereocenters.